The number of nitrogens with one attached hydrogen (secondary N) is 1. The molecule has 29 heavy (non-hydrogen) atoms. The highest BCUT2D eigenvalue weighted by atomic mass is 32.1. The number of carbonyl (C=O) groups excluding carboxylic acids is 3. The molecule has 2 aromatic rings. The number of aryl methyl sites for hydroxylation is 1. The second-order valence-corrected chi connectivity index (χ2v) is 7.25. The first-order chi connectivity index (χ1) is 13.8. The fourth-order valence-corrected chi connectivity index (χ4v) is 3.93. The van der Waals surface area contributed by atoms with Crippen molar-refractivity contribution >= 4 is 40.2 Å². The van der Waals surface area contributed by atoms with Gasteiger partial charge in [0.1, 0.15) is 16.5 Å². The van der Waals surface area contributed by atoms with E-state index in [-0.39, 0.29) is 18.1 Å². The molecule has 8 heteroatoms. The fourth-order valence-electron chi connectivity index (χ4n) is 2.76. The number of ether oxygens (including phenoxy) is 1. The molecule has 7 nitrogen and oxygen atoms in total. The second kappa shape index (κ2) is 10.1. The molecule has 2 heterocycles. The summed E-state index contributed by atoms with van der Waals surface area (Å²) in [5, 5.41) is 2.99. The minimum atomic E-state index is -0.569. The van der Waals surface area contributed by atoms with E-state index in [0.29, 0.717) is 34.3 Å². The number of amides is 2. The quantitative estimate of drug-likeness (QED) is 0.511. The minimum absolute atomic E-state index is 0.176. The van der Waals surface area contributed by atoms with Gasteiger partial charge in [0.25, 0.3) is 5.91 Å². The van der Waals surface area contributed by atoms with Crippen molar-refractivity contribution in [2.75, 3.05) is 25.0 Å². The molecule has 0 saturated carbocycles. The van der Waals surface area contributed by atoms with E-state index in [1.165, 1.54) is 12.2 Å². The van der Waals surface area contributed by atoms with Crippen LogP contribution in [0.1, 0.15) is 57.9 Å². The summed E-state index contributed by atoms with van der Waals surface area (Å²) < 4.78 is 10.5. The Balaban J connectivity index is 2.34. The number of furan rings is 1. The zero-order chi connectivity index (χ0) is 21.6. The molecule has 2 aromatic heterocycles. The van der Waals surface area contributed by atoms with Crippen LogP contribution in [0.5, 0.6) is 0 Å². The number of hydrogen-bond donors (Lipinski definition) is 1. The van der Waals surface area contributed by atoms with Gasteiger partial charge in [-0.05, 0) is 58.4 Å². The highest BCUT2D eigenvalue weighted by Crippen LogP contribution is 2.34. The van der Waals surface area contributed by atoms with Crippen LogP contribution in [0.15, 0.2) is 22.6 Å². The Morgan fingerprint density at radius 2 is 1.86 bits per heavy atom. The number of carbonyl (C=O) groups is 3. The van der Waals surface area contributed by atoms with Crippen LogP contribution in [0.3, 0.4) is 0 Å². The van der Waals surface area contributed by atoms with Crippen molar-refractivity contribution in [3.8, 4) is 0 Å². The third kappa shape index (κ3) is 5.35. The lowest BCUT2D eigenvalue weighted by molar-refractivity contribution is -0.111. The minimum Gasteiger partial charge on any atom is -0.462 e. The lowest BCUT2D eigenvalue weighted by atomic mass is 10.1. The molecule has 156 valence electrons. The average molecular weight is 419 g/mol. The maximum atomic E-state index is 12.8. The van der Waals surface area contributed by atoms with Crippen LogP contribution in [0.4, 0.5) is 5.00 Å². The van der Waals surface area contributed by atoms with Crippen molar-refractivity contribution < 1.29 is 23.5 Å². The summed E-state index contributed by atoms with van der Waals surface area (Å²) >= 11 is 1.08. The van der Waals surface area contributed by atoms with E-state index in [1.54, 1.807) is 30.9 Å². The summed E-state index contributed by atoms with van der Waals surface area (Å²) in [6.07, 6.45) is 2.85. The molecule has 0 aromatic carbocycles. The van der Waals surface area contributed by atoms with Crippen LogP contribution in [0.2, 0.25) is 0 Å². The number of hydrogen-bond acceptors (Lipinski definition) is 6. The van der Waals surface area contributed by atoms with Gasteiger partial charge in [0.2, 0.25) is 5.91 Å². The van der Waals surface area contributed by atoms with Crippen molar-refractivity contribution in [1.29, 1.82) is 0 Å². The third-order valence-corrected chi connectivity index (χ3v) is 5.46. The van der Waals surface area contributed by atoms with Crippen molar-refractivity contribution in [1.82, 2.24) is 4.90 Å². The van der Waals surface area contributed by atoms with E-state index < -0.39 is 11.9 Å². The molecule has 0 bridgehead atoms. The van der Waals surface area contributed by atoms with Crippen LogP contribution < -0.4 is 5.32 Å². The molecular formula is C21H26N2O5S. The van der Waals surface area contributed by atoms with Crippen LogP contribution in [-0.4, -0.2) is 42.4 Å². The van der Waals surface area contributed by atoms with E-state index in [0.717, 1.165) is 17.1 Å². The van der Waals surface area contributed by atoms with Gasteiger partial charge >= 0.3 is 5.97 Å². The lowest BCUT2D eigenvalue weighted by Gasteiger charge is -2.18. The van der Waals surface area contributed by atoms with Gasteiger partial charge in [-0.25, -0.2) is 4.79 Å². The van der Waals surface area contributed by atoms with Gasteiger partial charge < -0.3 is 19.4 Å². The normalized spacial score (nSPS) is 10.9. The summed E-state index contributed by atoms with van der Waals surface area (Å²) in [6.45, 7) is 10.3. The summed E-state index contributed by atoms with van der Waals surface area (Å²) in [6, 6.07) is 3.55. The predicted molar refractivity (Wildman–Crippen MR) is 113 cm³/mol. The zero-order valence-corrected chi connectivity index (χ0v) is 18.1. The number of anilines is 1. The smallest absolute Gasteiger partial charge is 0.341 e. The van der Waals surface area contributed by atoms with Crippen molar-refractivity contribution in [2.24, 2.45) is 0 Å². The molecule has 0 aliphatic carbocycles. The third-order valence-electron chi connectivity index (χ3n) is 4.27. The van der Waals surface area contributed by atoms with Crippen LogP contribution >= 0.6 is 11.3 Å². The van der Waals surface area contributed by atoms with Gasteiger partial charge in [0, 0.05) is 19.2 Å². The lowest BCUT2D eigenvalue weighted by Crippen LogP contribution is -2.30. The summed E-state index contributed by atoms with van der Waals surface area (Å²) in [5.74, 6) is 0.102. The van der Waals surface area contributed by atoms with Crippen molar-refractivity contribution in [2.45, 2.75) is 34.6 Å². The maximum Gasteiger partial charge on any atom is 0.341 e. The SMILES string of the molecule is CCOC(=O)c1c(NC(=O)/C=C/c2ccc(C)o2)sc(C(=O)N(CC)CC)c1C. The molecule has 0 atom stereocenters. The average Bonchev–Trinajstić information content (AvgIpc) is 3.24. The van der Waals surface area contributed by atoms with Crippen molar-refractivity contribution in [3.05, 3.63) is 45.7 Å². The Hall–Kier alpha value is -2.87. The van der Waals surface area contributed by atoms with Crippen molar-refractivity contribution in [3.63, 3.8) is 0 Å². The summed E-state index contributed by atoms with van der Waals surface area (Å²) in [7, 11) is 0. The molecule has 0 radical (unpaired) electrons. The van der Waals surface area contributed by atoms with Gasteiger partial charge in [-0.3, -0.25) is 9.59 Å². The standard InChI is InChI=1S/C21H26N2O5S/c1-6-23(7-2)20(25)18-14(5)17(21(26)27-8-3)19(29-18)22-16(24)12-11-15-10-9-13(4)28-15/h9-12H,6-8H2,1-5H3,(H,22,24)/b12-11+. The molecule has 0 unspecified atom stereocenters. The van der Waals surface area contributed by atoms with Gasteiger partial charge in [-0.1, -0.05) is 0 Å². The molecule has 0 aliphatic heterocycles. The van der Waals surface area contributed by atoms with Crippen LogP contribution in [-0.2, 0) is 9.53 Å². The highest BCUT2D eigenvalue weighted by Gasteiger charge is 2.28. The largest absolute Gasteiger partial charge is 0.462 e. The highest BCUT2D eigenvalue weighted by molar-refractivity contribution is 7.18. The van der Waals surface area contributed by atoms with Gasteiger partial charge in [0.05, 0.1) is 17.0 Å². The molecular weight excluding hydrogens is 392 g/mol. The molecule has 2 amide bonds. The van der Waals surface area contributed by atoms with E-state index in [1.807, 2.05) is 20.8 Å². The number of esters is 1. The van der Waals surface area contributed by atoms with E-state index >= 15 is 0 Å². The zero-order valence-electron chi connectivity index (χ0n) is 17.3. The molecule has 0 fully saturated rings. The Bertz CT molecular complexity index is 922. The maximum absolute atomic E-state index is 12.8. The fraction of sp³-hybridized carbons (Fsp3) is 0.381. The van der Waals surface area contributed by atoms with Crippen LogP contribution in [0, 0.1) is 13.8 Å². The van der Waals surface area contributed by atoms with Crippen LogP contribution in [0.25, 0.3) is 6.08 Å². The molecule has 1 N–H and O–H groups in total. The molecule has 0 spiro atoms. The predicted octanol–water partition coefficient (Wildman–Crippen LogP) is 4.27. The number of rotatable bonds is 8. The number of thiophene rings is 1. The number of nitrogens with zero attached hydrogens (tertiary/aromatic N) is 1. The molecule has 0 aliphatic rings. The monoisotopic (exact) mass is 418 g/mol. The van der Waals surface area contributed by atoms with Gasteiger partial charge in [-0.15, -0.1) is 11.3 Å². The summed E-state index contributed by atoms with van der Waals surface area (Å²) in [5.41, 5.74) is 0.717. The summed E-state index contributed by atoms with van der Waals surface area (Å²) in [4.78, 5) is 39.7. The topological polar surface area (TPSA) is 88.8 Å². The van der Waals surface area contributed by atoms with E-state index in [4.69, 9.17) is 9.15 Å². The Morgan fingerprint density at radius 1 is 1.17 bits per heavy atom. The Morgan fingerprint density at radius 3 is 2.41 bits per heavy atom. The molecule has 2 rings (SSSR count). The second-order valence-electron chi connectivity index (χ2n) is 6.23. The first kappa shape index (κ1) is 22.4. The Kier molecular flexibility index (Phi) is 7.78. The van der Waals surface area contributed by atoms with Gasteiger partial charge in [-0.2, -0.15) is 0 Å². The Labute approximate surface area is 174 Å². The molecule has 0 saturated heterocycles. The first-order valence-corrected chi connectivity index (χ1v) is 10.3. The van der Waals surface area contributed by atoms with Gasteiger partial charge in [0.15, 0.2) is 0 Å². The first-order valence-electron chi connectivity index (χ1n) is 9.47. The van der Waals surface area contributed by atoms with E-state index in [9.17, 15) is 14.4 Å². The van der Waals surface area contributed by atoms with E-state index in [2.05, 4.69) is 5.32 Å².